The molecule has 0 spiro atoms. The largest absolute Gasteiger partial charge is 0.389 e. The van der Waals surface area contributed by atoms with E-state index >= 15 is 0 Å². The number of anilines is 1. The van der Waals surface area contributed by atoms with E-state index in [0.717, 1.165) is 11.3 Å². The topological polar surface area (TPSA) is 68.0 Å². The number of para-hydroxylation sites is 1. The van der Waals surface area contributed by atoms with Gasteiger partial charge in [0, 0.05) is 17.4 Å². The van der Waals surface area contributed by atoms with E-state index in [2.05, 4.69) is 10.3 Å². The molecule has 0 saturated heterocycles. The molecule has 0 aliphatic heterocycles. The number of carbonyl (C=O) groups is 1. The van der Waals surface area contributed by atoms with Crippen LogP contribution < -0.4 is 11.1 Å². The zero-order valence-electron chi connectivity index (χ0n) is 10.4. The summed E-state index contributed by atoms with van der Waals surface area (Å²) in [6.07, 6.45) is 1.50. The maximum Gasteiger partial charge on any atom is 0.274 e. The molecule has 2 rings (SSSR count). The molecule has 3 N–H and O–H groups in total. The summed E-state index contributed by atoms with van der Waals surface area (Å²) in [7, 11) is 0. The highest BCUT2D eigenvalue weighted by Crippen LogP contribution is 2.14. The van der Waals surface area contributed by atoms with Gasteiger partial charge in [-0.1, -0.05) is 30.4 Å². The summed E-state index contributed by atoms with van der Waals surface area (Å²) in [6, 6.07) is 10.8. The Balaban J connectivity index is 2.16. The van der Waals surface area contributed by atoms with E-state index < -0.39 is 0 Å². The molecule has 0 aliphatic carbocycles. The van der Waals surface area contributed by atoms with E-state index in [-0.39, 0.29) is 10.9 Å². The van der Waals surface area contributed by atoms with Crippen molar-refractivity contribution >= 4 is 28.8 Å². The van der Waals surface area contributed by atoms with Crippen molar-refractivity contribution in [1.29, 1.82) is 0 Å². The summed E-state index contributed by atoms with van der Waals surface area (Å²) < 4.78 is 0. The van der Waals surface area contributed by atoms with Gasteiger partial charge in [-0.3, -0.25) is 9.78 Å². The third kappa shape index (κ3) is 3.14. The number of nitrogens with two attached hydrogens (primary N) is 1. The normalized spacial score (nSPS) is 9.95. The second kappa shape index (κ2) is 5.58. The van der Waals surface area contributed by atoms with Crippen molar-refractivity contribution in [2.75, 3.05) is 5.32 Å². The number of aromatic nitrogens is 1. The molecule has 1 heterocycles. The Hall–Kier alpha value is -2.27. The van der Waals surface area contributed by atoms with Gasteiger partial charge in [0.05, 0.1) is 0 Å². The summed E-state index contributed by atoms with van der Waals surface area (Å²) in [5.74, 6) is -0.260. The number of hydrogen-bond donors (Lipinski definition) is 2. The molecule has 0 saturated carbocycles. The minimum Gasteiger partial charge on any atom is -0.389 e. The maximum atomic E-state index is 12.0. The number of amides is 1. The number of thiocarbonyl (C=S) groups is 1. The molecule has 1 aromatic heterocycles. The summed E-state index contributed by atoms with van der Waals surface area (Å²) in [6.45, 7) is 1.93. The van der Waals surface area contributed by atoms with E-state index in [0.29, 0.717) is 11.3 Å². The fourth-order valence-corrected chi connectivity index (χ4v) is 1.69. The minimum atomic E-state index is -0.260. The molecule has 5 heteroatoms. The second-order valence-electron chi connectivity index (χ2n) is 4.07. The smallest absolute Gasteiger partial charge is 0.274 e. The number of nitrogens with zero attached hydrogens (tertiary/aromatic N) is 1. The van der Waals surface area contributed by atoms with Crippen molar-refractivity contribution < 1.29 is 4.79 Å². The van der Waals surface area contributed by atoms with E-state index in [4.69, 9.17) is 18.0 Å². The number of rotatable bonds is 3. The first-order valence-electron chi connectivity index (χ1n) is 5.71. The fraction of sp³-hybridized carbons (Fsp3) is 0.0714. The molecule has 4 nitrogen and oxygen atoms in total. The SMILES string of the molecule is Cc1ccccc1NC(=O)c1ccc(C(N)=S)cn1. The van der Waals surface area contributed by atoms with Crippen LogP contribution in [0.2, 0.25) is 0 Å². The summed E-state index contributed by atoms with van der Waals surface area (Å²) >= 11 is 4.83. The number of carbonyl (C=O) groups excluding carboxylic acids is 1. The fourth-order valence-electron chi connectivity index (χ4n) is 1.57. The molecular weight excluding hydrogens is 258 g/mol. The molecule has 0 bridgehead atoms. The van der Waals surface area contributed by atoms with E-state index in [9.17, 15) is 4.79 Å². The molecule has 0 fully saturated rings. The van der Waals surface area contributed by atoms with E-state index in [1.807, 2.05) is 31.2 Å². The molecule has 19 heavy (non-hydrogen) atoms. The average molecular weight is 271 g/mol. The standard InChI is InChI=1S/C14H13N3OS/c1-9-4-2-3-5-11(9)17-14(18)12-7-6-10(8-16-12)13(15)19/h2-8H,1H3,(H2,15,19)(H,17,18). The van der Waals surface area contributed by atoms with Crippen LogP contribution in [0.25, 0.3) is 0 Å². The van der Waals surface area contributed by atoms with Gasteiger partial charge in [-0.2, -0.15) is 0 Å². The van der Waals surface area contributed by atoms with Crippen LogP contribution >= 0.6 is 12.2 Å². The zero-order valence-corrected chi connectivity index (χ0v) is 11.2. The van der Waals surface area contributed by atoms with Gasteiger partial charge in [0.2, 0.25) is 0 Å². The molecule has 0 radical (unpaired) electrons. The lowest BCUT2D eigenvalue weighted by Gasteiger charge is -2.07. The van der Waals surface area contributed by atoms with E-state index in [1.54, 1.807) is 12.1 Å². The third-order valence-corrected chi connectivity index (χ3v) is 2.91. The van der Waals surface area contributed by atoms with Crippen LogP contribution in [0.4, 0.5) is 5.69 Å². The van der Waals surface area contributed by atoms with Crippen molar-refractivity contribution in [2.24, 2.45) is 5.73 Å². The van der Waals surface area contributed by atoms with Crippen LogP contribution in [0.15, 0.2) is 42.6 Å². The molecule has 1 aromatic carbocycles. The lowest BCUT2D eigenvalue weighted by atomic mass is 10.2. The predicted molar refractivity (Wildman–Crippen MR) is 79.3 cm³/mol. The quantitative estimate of drug-likeness (QED) is 0.840. The average Bonchev–Trinajstić information content (AvgIpc) is 2.41. The number of aryl methyl sites for hydroxylation is 1. The summed E-state index contributed by atoms with van der Waals surface area (Å²) in [5, 5.41) is 2.81. The highest BCUT2D eigenvalue weighted by molar-refractivity contribution is 7.80. The van der Waals surface area contributed by atoms with Crippen LogP contribution in [-0.4, -0.2) is 15.9 Å². The Morgan fingerprint density at radius 1 is 1.26 bits per heavy atom. The van der Waals surface area contributed by atoms with Crippen molar-refractivity contribution in [2.45, 2.75) is 6.92 Å². The highest BCUT2D eigenvalue weighted by atomic mass is 32.1. The van der Waals surface area contributed by atoms with Gasteiger partial charge >= 0.3 is 0 Å². The molecule has 0 unspecified atom stereocenters. The summed E-state index contributed by atoms with van der Waals surface area (Å²) in [5.41, 5.74) is 8.20. The first kappa shape index (κ1) is 13.2. The summed E-state index contributed by atoms with van der Waals surface area (Å²) in [4.78, 5) is 16.3. The van der Waals surface area contributed by atoms with Gasteiger partial charge in [-0.05, 0) is 30.7 Å². The minimum absolute atomic E-state index is 0.260. The number of nitrogens with one attached hydrogen (secondary N) is 1. The molecule has 0 atom stereocenters. The first-order chi connectivity index (χ1) is 9.08. The Bertz CT molecular complexity index is 623. The lowest BCUT2D eigenvalue weighted by molar-refractivity contribution is 0.102. The van der Waals surface area contributed by atoms with Gasteiger partial charge in [-0.25, -0.2) is 0 Å². The van der Waals surface area contributed by atoms with Crippen molar-refractivity contribution in [1.82, 2.24) is 4.98 Å². The van der Waals surface area contributed by atoms with Crippen molar-refractivity contribution in [3.63, 3.8) is 0 Å². The molecular formula is C14H13N3OS. The number of benzene rings is 1. The van der Waals surface area contributed by atoms with Crippen molar-refractivity contribution in [3.05, 3.63) is 59.4 Å². The molecule has 0 aliphatic rings. The number of pyridine rings is 1. The predicted octanol–water partition coefficient (Wildman–Crippen LogP) is 2.28. The van der Waals surface area contributed by atoms with Crippen molar-refractivity contribution in [3.8, 4) is 0 Å². The Morgan fingerprint density at radius 3 is 2.58 bits per heavy atom. The molecule has 2 aromatic rings. The van der Waals surface area contributed by atoms with Gasteiger partial charge in [-0.15, -0.1) is 0 Å². The zero-order chi connectivity index (χ0) is 13.8. The maximum absolute atomic E-state index is 12.0. The molecule has 1 amide bonds. The monoisotopic (exact) mass is 271 g/mol. The second-order valence-corrected chi connectivity index (χ2v) is 4.51. The van der Waals surface area contributed by atoms with E-state index in [1.165, 1.54) is 6.20 Å². The van der Waals surface area contributed by atoms with Crippen LogP contribution in [0.3, 0.4) is 0 Å². The van der Waals surface area contributed by atoms with Gasteiger partial charge < -0.3 is 11.1 Å². The lowest BCUT2D eigenvalue weighted by Crippen LogP contribution is -2.16. The van der Waals surface area contributed by atoms with Gasteiger partial charge in [0.25, 0.3) is 5.91 Å². The highest BCUT2D eigenvalue weighted by Gasteiger charge is 2.09. The first-order valence-corrected chi connectivity index (χ1v) is 6.11. The molecule has 96 valence electrons. The Kier molecular flexibility index (Phi) is 3.87. The number of hydrogen-bond acceptors (Lipinski definition) is 3. The van der Waals surface area contributed by atoms with Gasteiger partial charge in [0.15, 0.2) is 0 Å². The Morgan fingerprint density at radius 2 is 2.00 bits per heavy atom. The van der Waals surface area contributed by atoms with Crippen LogP contribution in [0.1, 0.15) is 21.6 Å². The van der Waals surface area contributed by atoms with Crippen LogP contribution in [0.5, 0.6) is 0 Å². The van der Waals surface area contributed by atoms with Crippen LogP contribution in [0, 0.1) is 6.92 Å². The van der Waals surface area contributed by atoms with Crippen LogP contribution in [-0.2, 0) is 0 Å². The third-order valence-electron chi connectivity index (χ3n) is 2.67. The van der Waals surface area contributed by atoms with Gasteiger partial charge in [0.1, 0.15) is 10.7 Å². The Labute approximate surface area is 116 Å².